The third-order valence-corrected chi connectivity index (χ3v) is 3.64. The summed E-state index contributed by atoms with van der Waals surface area (Å²) in [6.45, 7) is 11.1. The van der Waals surface area contributed by atoms with E-state index in [0.717, 1.165) is 0 Å². The Hall–Kier alpha value is -1.09. The van der Waals surface area contributed by atoms with Gasteiger partial charge in [0.25, 0.3) is 0 Å². The van der Waals surface area contributed by atoms with Gasteiger partial charge in [-0.15, -0.1) is 0 Å². The molecular formula is C16H26N2S. The lowest BCUT2D eigenvalue weighted by Gasteiger charge is -2.25. The average molecular weight is 278 g/mol. The van der Waals surface area contributed by atoms with Crippen LogP contribution in [0.4, 0.5) is 0 Å². The van der Waals surface area contributed by atoms with Crippen LogP contribution < -0.4 is 10.6 Å². The Bertz CT molecular complexity index is 415. The third-order valence-electron chi connectivity index (χ3n) is 3.32. The number of benzene rings is 1. The molecule has 0 radical (unpaired) electrons. The fourth-order valence-corrected chi connectivity index (χ4v) is 2.17. The van der Waals surface area contributed by atoms with Gasteiger partial charge in [0.2, 0.25) is 0 Å². The maximum Gasteiger partial charge on any atom is 0.166 e. The highest BCUT2D eigenvalue weighted by Crippen LogP contribution is 2.26. The summed E-state index contributed by atoms with van der Waals surface area (Å²) in [6, 6.07) is 9.09. The largest absolute Gasteiger partial charge is 0.366 e. The lowest BCUT2D eigenvalue weighted by atomic mass is 9.85. The van der Waals surface area contributed by atoms with Crippen molar-refractivity contribution in [2.75, 3.05) is 7.05 Å². The molecular weight excluding hydrogens is 252 g/mol. The normalized spacial score (nSPS) is 13.2. The minimum Gasteiger partial charge on any atom is -0.366 e. The summed E-state index contributed by atoms with van der Waals surface area (Å²) in [5.74, 6) is 0.479. The van der Waals surface area contributed by atoms with Gasteiger partial charge in [-0.1, -0.05) is 58.9 Å². The quantitative estimate of drug-likeness (QED) is 0.823. The first-order valence-corrected chi connectivity index (χ1v) is 7.25. The molecule has 0 aliphatic heterocycles. The molecule has 0 saturated heterocycles. The Balaban J connectivity index is 2.95. The van der Waals surface area contributed by atoms with Gasteiger partial charge < -0.3 is 10.6 Å². The average Bonchev–Trinajstić information content (AvgIpc) is 2.34. The summed E-state index contributed by atoms with van der Waals surface area (Å²) < 4.78 is 0. The van der Waals surface area contributed by atoms with E-state index in [-0.39, 0.29) is 11.5 Å². The predicted octanol–water partition coefficient (Wildman–Crippen LogP) is 3.78. The van der Waals surface area contributed by atoms with Gasteiger partial charge in [-0.3, -0.25) is 0 Å². The van der Waals surface area contributed by atoms with Gasteiger partial charge >= 0.3 is 0 Å². The van der Waals surface area contributed by atoms with E-state index >= 15 is 0 Å². The summed E-state index contributed by atoms with van der Waals surface area (Å²) in [7, 11) is 1.84. The molecule has 19 heavy (non-hydrogen) atoms. The number of hydrogen-bond acceptors (Lipinski definition) is 1. The molecule has 106 valence electrons. The minimum atomic E-state index is 0.194. The fraction of sp³-hybridized carbons (Fsp3) is 0.562. The molecule has 1 aromatic carbocycles. The van der Waals surface area contributed by atoms with Crippen LogP contribution >= 0.6 is 12.2 Å². The molecule has 1 rings (SSSR count). The third kappa shape index (κ3) is 4.50. The van der Waals surface area contributed by atoms with Crippen molar-refractivity contribution in [1.29, 1.82) is 0 Å². The standard InChI is InChI=1S/C16H26N2S/c1-11(2)14(18-15(19)17-6)12-7-9-13(10-8-12)16(3,4)5/h7-11,14H,1-6H3,(H2,17,18,19)/t14-/m0/s1. The molecule has 0 aromatic heterocycles. The SMILES string of the molecule is CNC(=S)N[C@H](c1ccc(C(C)(C)C)cc1)C(C)C. The highest BCUT2D eigenvalue weighted by Gasteiger charge is 2.18. The number of nitrogens with one attached hydrogen (secondary N) is 2. The first kappa shape index (κ1) is 16.0. The first-order valence-electron chi connectivity index (χ1n) is 6.84. The molecule has 0 unspecified atom stereocenters. The maximum atomic E-state index is 5.21. The van der Waals surface area contributed by atoms with Gasteiger partial charge in [-0.05, 0) is 34.7 Å². The van der Waals surface area contributed by atoms with Gasteiger partial charge in [-0.2, -0.15) is 0 Å². The highest BCUT2D eigenvalue weighted by atomic mass is 32.1. The van der Waals surface area contributed by atoms with Crippen molar-refractivity contribution in [3.8, 4) is 0 Å². The van der Waals surface area contributed by atoms with Crippen LogP contribution in [-0.2, 0) is 5.41 Å². The fourth-order valence-electron chi connectivity index (χ4n) is 2.04. The zero-order chi connectivity index (χ0) is 14.6. The molecule has 0 aliphatic carbocycles. The van der Waals surface area contributed by atoms with E-state index in [1.165, 1.54) is 11.1 Å². The summed E-state index contributed by atoms with van der Waals surface area (Å²) in [6.07, 6.45) is 0. The van der Waals surface area contributed by atoms with Crippen LogP contribution in [0.25, 0.3) is 0 Å². The number of thiocarbonyl (C=S) groups is 1. The molecule has 3 heteroatoms. The molecule has 1 aromatic rings. The van der Waals surface area contributed by atoms with Crippen LogP contribution in [0.1, 0.15) is 51.8 Å². The second-order valence-corrected chi connectivity index (χ2v) is 6.73. The Kier molecular flexibility index (Phi) is 5.36. The van der Waals surface area contributed by atoms with Gasteiger partial charge in [0.05, 0.1) is 6.04 Å². The zero-order valence-electron chi connectivity index (χ0n) is 12.9. The van der Waals surface area contributed by atoms with E-state index in [2.05, 4.69) is 69.5 Å². The monoisotopic (exact) mass is 278 g/mol. The molecule has 0 spiro atoms. The number of hydrogen-bond donors (Lipinski definition) is 2. The zero-order valence-corrected chi connectivity index (χ0v) is 13.7. The van der Waals surface area contributed by atoms with Crippen LogP contribution in [0, 0.1) is 5.92 Å². The lowest BCUT2D eigenvalue weighted by molar-refractivity contribution is 0.469. The van der Waals surface area contributed by atoms with E-state index in [0.29, 0.717) is 11.0 Å². The lowest BCUT2D eigenvalue weighted by Crippen LogP contribution is -2.37. The minimum absolute atomic E-state index is 0.194. The topological polar surface area (TPSA) is 24.1 Å². The summed E-state index contributed by atoms with van der Waals surface area (Å²) in [5.41, 5.74) is 2.83. The van der Waals surface area contributed by atoms with Crippen LogP contribution in [0.3, 0.4) is 0 Å². The van der Waals surface area contributed by atoms with Crippen LogP contribution in [-0.4, -0.2) is 12.2 Å². The molecule has 0 saturated carbocycles. The smallest absolute Gasteiger partial charge is 0.166 e. The Morgan fingerprint density at radius 3 is 2.00 bits per heavy atom. The molecule has 0 aliphatic rings. The molecule has 0 heterocycles. The molecule has 2 nitrogen and oxygen atoms in total. The van der Waals surface area contributed by atoms with Crippen molar-refractivity contribution in [3.05, 3.63) is 35.4 Å². The first-order chi connectivity index (χ1) is 8.75. The molecule has 0 bridgehead atoms. The van der Waals surface area contributed by atoms with Crippen molar-refractivity contribution < 1.29 is 0 Å². The Morgan fingerprint density at radius 1 is 1.11 bits per heavy atom. The van der Waals surface area contributed by atoms with E-state index in [1.54, 1.807) is 0 Å². The van der Waals surface area contributed by atoms with Crippen molar-refractivity contribution in [1.82, 2.24) is 10.6 Å². The van der Waals surface area contributed by atoms with Gasteiger partial charge in [0.15, 0.2) is 5.11 Å². The van der Waals surface area contributed by atoms with Gasteiger partial charge in [0, 0.05) is 7.05 Å². The van der Waals surface area contributed by atoms with E-state index < -0.39 is 0 Å². The second-order valence-electron chi connectivity index (χ2n) is 6.32. The Labute approximate surface area is 123 Å². The molecule has 2 N–H and O–H groups in total. The van der Waals surface area contributed by atoms with Gasteiger partial charge in [0.1, 0.15) is 0 Å². The summed E-state index contributed by atoms with van der Waals surface area (Å²) in [5, 5.41) is 7.03. The van der Waals surface area contributed by atoms with Crippen LogP contribution in [0.2, 0.25) is 0 Å². The predicted molar refractivity (Wildman–Crippen MR) is 87.5 cm³/mol. The molecule has 0 amide bonds. The van der Waals surface area contributed by atoms with E-state index in [4.69, 9.17) is 12.2 Å². The van der Waals surface area contributed by atoms with Crippen molar-refractivity contribution in [2.45, 2.75) is 46.1 Å². The van der Waals surface area contributed by atoms with E-state index in [1.807, 2.05) is 7.05 Å². The van der Waals surface area contributed by atoms with E-state index in [9.17, 15) is 0 Å². The second kappa shape index (κ2) is 6.38. The van der Waals surface area contributed by atoms with Crippen LogP contribution in [0.15, 0.2) is 24.3 Å². The maximum absolute atomic E-state index is 5.21. The highest BCUT2D eigenvalue weighted by molar-refractivity contribution is 7.80. The summed E-state index contributed by atoms with van der Waals surface area (Å²) in [4.78, 5) is 0. The van der Waals surface area contributed by atoms with Crippen LogP contribution in [0.5, 0.6) is 0 Å². The van der Waals surface area contributed by atoms with Crippen molar-refractivity contribution >= 4 is 17.3 Å². The number of rotatable bonds is 3. The molecule has 1 atom stereocenters. The van der Waals surface area contributed by atoms with Gasteiger partial charge in [-0.25, -0.2) is 0 Å². The Morgan fingerprint density at radius 2 is 1.63 bits per heavy atom. The van der Waals surface area contributed by atoms with Crippen molar-refractivity contribution in [3.63, 3.8) is 0 Å². The molecule has 0 fully saturated rings. The summed E-state index contributed by atoms with van der Waals surface area (Å²) >= 11 is 5.21. The van der Waals surface area contributed by atoms with Crippen molar-refractivity contribution in [2.24, 2.45) is 5.92 Å².